The number of halogens is 1. The molecule has 0 unspecified atom stereocenters. The largest absolute Gasteiger partial charge is 0.478 e. The summed E-state index contributed by atoms with van der Waals surface area (Å²) in [4.78, 5) is 21.9. The van der Waals surface area contributed by atoms with Crippen LogP contribution in [0.1, 0.15) is 15.9 Å². The van der Waals surface area contributed by atoms with E-state index in [1.807, 2.05) is 28.7 Å². The summed E-state index contributed by atoms with van der Waals surface area (Å²) in [6.45, 7) is 0. The number of nitrogens with one attached hydrogen (secondary N) is 1. The molecule has 1 aromatic carbocycles. The van der Waals surface area contributed by atoms with E-state index in [0.717, 1.165) is 9.13 Å². The van der Waals surface area contributed by atoms with Gasteiger partial charge in [-0.25, -0.2) is 4.79 Å². The Bertz CT molecular complexity index is 442. The van der Waals surface area contributed by atoms with Crippen LogP contribution in [0.5, 0.6) is 0 Å². The van der Waals surface area contributed by atoms with E-state index in [-0.39, 0.29) is 17.9 Å². The highest BCUT2D eigenvalue weighted by Gasteiger charge is 2.24. The maximum absolute atomic E-state index is 11.1. The van der Waals surface area contributed by atoms with Crippen molar-refractivity contribution in [1.29, 1.82) is 0 Å². The zero-order chi connectivity index (χ0) is 10.3. The second-order valence-corrected chi connectivity index (χ2v) is 4.26. The molecule has 5 heteroatoms. The summed E-state index contributed by atoms with van der Waals surface area (Å²) in [5.41, 5.74) is 1.37. The monoisotopic (exact) mass is 303 g/mol. The van der Waals surface area contributed by atoms with Crippen LogP contribution in [-0.4, -0.2) is 17.0 Å². The van der Waals surface area contributed by atoms with Crippen LogP contribution in [0.25, 0.3) is 0 Å². The van der Waals surface area contributed by atoms with E-state index in [1.165, 1.54) is 0 Å². The summed E-state index contributed by atoms with van der Waals surface area (Å²) in [5, 5.41) is 11.5. The maximum Gasteiger partial charge on any atom is 0.337 e. The number of carboxylic acid groups (broad SMARTS) is 1. The van der Waals surface area contributed by atoms with Crippen molar-refractivity contribution < 1.29 is 14.7 Å². The topological polar surface area (TPSA) is 66.4 Å². The van der Waals surface area contributed by atoms with Crippen LogP contribution in [-0.2, 0) is 11.2 Å². The first-order valence-electron chi connectivity index (χ1n) is 3.93. The van der Waals surface area contributed by atoms with Gasteiger partial charge in [-0.2, -0.15) is 0 Å². The molecule has 0 atom stereocenters. The standard InChI is InChI=1S/C9H6INO3/c10-5-1-4-2-7(12)11-8(4)6(3-5)9(13)14/h1,3H,2H2,(H,11,12)(H,13,14). The van der Waals surface area contributed by atoms with Crippen molar-refractivity contribution in [3.8, 4) is 0 Å². The van der Waals surface area contributed by atoms with Gasteiger partial charge in [0.05, 0.1) is 17.7 Å². The molecule has 0 saturated carbocycles. The third-order valence-corrected chi connectivity index (χ3v) is 2.65. The third-order valence-electron chi connectivity index (χ3n) is 2.03. The Morgan fingerprint density at radius 1 is 1.50 bits per heavy atom. The minimum atomic E-state index is -1.01. The van der Waals surface area contributed by atoms with E-state index in [4.69, 9.17) is 5.11 Å². The number of hydrogen-bond donors (Lipinski definition) is 2. The van der Waals surface area contributed by atoms with Gasteiger partial charge >= 0.3 is 5.97 Å². The zero-order valence-electron chi connectivity index (χ0n) is 7.00. The molecule has 1 aliphatic heterocycles. The van der Waals surface area contributed by atoms with E-state index in [9.17, 15) is 9.59 Å². The molecule has 1 heterocycles. The van der Waals surface area contributed by atoms with Gasteiger partial charge in [-0.15, -0.1) is 0 Å². The van der Waals surface area contributed by atoms with Crippen molar-refractivity contribution in [1.82, 2.24) is 0 Å². The number of anilines is 1. The van der Waals surface area contributed by atoms with Crippen LogP contribution in [0, 0.1) is 3.57 Å². The number of amides is 1. The van der Waals surface area contributed by atoms with Crippen molar-refractivity contribution in [2.45, 2.75) is 6.42 Å². The lowest BCUT2D eigenvalue weighted by atomic mass is 10.1. The second-order valence-electron chi connectivity index (χ2n) is 3.02. The van der Waals surface area contributed by atoms with Crippen LogP contribution in [0.2, 0.25) is 0 Å². The Morgan fingerprint density at radius 2 is 2.21 bits per heavy atom. The Kier molecular flexibility index (Phi) is 2.18. The number of carboxylic acids is 1. The van der Waals surface area contributed by atoms with E-state index in [2.05, 4.69) is 5.32 Å². The smallest absolute Gasteiger partial charge is 0.337 e. The molecule has 0 bridgehead atoms. The molecule has 2 rings (SSSR count). The zero-order valence-corrected chi connectivity index (χ0v) is 9.16. The van der Waals surface area contributed by atoms with Gasteiger partial charge < -0.3 is 10.4 Å². The van der Waals surface area contributed by atoms with Crippen molar-refractivity contribution in [2.24, 2.45) is 0 Å². The van der Waals surface area contributed by atoms with E-state index in [0.29, 0.717) is 5.69 Å². The van der Waals surface area contributed by atoms with Gasteiger partial charge in [0.25, 0.3) is 0 Å². The summed E-state index contributed by atoms with van der Waals surface area (Å²) in [6, 6.07) is 3.37. The first-order valence-corrected chi connectivity index (χ1v) is 5.01. The third kappa shape index (κ3) is 1.47. The molecule has 4 nitrogen and oxygen atoms in total. The Morgan fingerprint density at radius 3 is 2.86 bits per heavy atom. The first-order chi connectivity index (χ1) is 6.58. The number of rotatable bonds is 1. The molecule has 72 valence electrons. The quantitative estimate of drug-likeness (QED) is 0.772. The second kappa shape index (κ2) is 3.23. The number of aromatic carboxylic acids is 1. The molecule has 0 saturated heterocycles. The molecule has 0 fully saturated rings. The Balaban J connectivity index is 2.63. The maximum atomic E-state index is 11.1. The predicted octanol–water partition coefficient (Wildman–Crippen LogP) is 1.48. The molecular formula is C9H6INO3. The van der Waals surface area contributed by atoms with Crippen molar-refractivity contribution in [2.75, 3.05) is 5.32 Å². The molecule has 2 N–H and O–H groups in total. The summed E-state index contributed by atoms with van der Waals surface area (Å²) >= 11 is 2.04. The average Bonchev–Trinajstić information content (AvgIpc) is 2.42. The summed E-state index contributed by atoms with van der Waals surface area (Å²) in [7, 11) is 0. The van der Waals surface area contributed by atoms with Gasteiger partial charge in [0.1, 0.15) is 0 Å². The van der Waals surface area contributed by atoms with Gasteiger partial charge in [-0.1, -0.05) is 0 Å². The van der Waals surface area contributed by atoms with Crippen LogP contribution in [0.3, 0.4) is 0 Å². The Hall–Kier alpha value is -1.11. The number of carbonyl (C=O) groups is 2. The molecule has 0 spiro atoms. The highest BCUT2D eigenvalue weighted by molar-refractivity contribution is 14.1. The first kappa shape index (κ1) is 9.45. The van der Waals surface area contributed by atoms with Gasteiger partial charge in [-0.3, -0.25) is 4.79 Å². The fourth-order valence-electron chi connectivity index (χ4n) is 1.48. The molecule has 0 aromatic heterocycles. The fourth-order valence-corrected chi connectivity index (χ4v) is 2.16. The number of fused-ring (bicyclic) bond motifs is 1. The van der Waals surface area contributed by atoms with Crippen LogP contribution in [0.4, 0.5) is 5.69 Å². The Labute approximate surface area is 93.4 Å². The van der Waals surface area contributed by atoms with Crippen LogP contribution in [0.15, 0.2) is 12.1 Å². The van der Waals surface area contributed by atoms with Gasteiger partial charge in [-0.05, 0) is 40.3 Å². The van der Waals surface area contributed by atoms with Crippen molar-refractivity contribution in [3.05, 3.63) is 26.8 Å². The number of carbonyl (C=O) groups excluding carboxylic acids is 1. The van der Waals surface area contributed by atoms with Gasteiger partial charge in [0.2, 0.25) is 5.91 Å². The lowest BCUT2D eigenvalue weighted by Crippen LogP contribution is -2.07. The molecule has 0 radical (unpaired) electrons. The van der Waals surface area contributed by atoms with Gasteiger partial charge in [0.15, 0.2) is 0 Å². The van der Waals surface area contributed by atoms with Crippen LogP contribution < -0.4 is 5.32 Å². The minimum Gasteiger partial charge on any atom is -0.478 e. The van der Waals surface area contributed by atoms with Crippen molar-refractivity contribution in [3.63, 3.8) is 0 Å². The summed E-state index contributed by atoms with van der Waals surface area (Å²) in [5.74, 6) is -1.16. The lowest BCUT2D eigenvalue weighted by Gasteiger charge is -2.04. The van der Waals surface area contributed by atoms with E-state index in [1.54, 1.807) is 6.07 Å². The van der Waals surface area contributed by atoms with Crippen LogP contribution >= 0.6 is 22.6 Å². The predicted molar refractivity (Wildman–Crippen MR) is 58.5 cm³/mol. The minimum absolute atomic E-state index is 0.149. The highest BCUT2D eigenvalue weighted by atomic mass is 127. The molecule has 0 aliphatic carbocycles. The molecule has 1 amide bonds. The summed E-state index contributed by atoms with van der Waals surface area (Å²) < 4.78 is 0.829. The molecule has 1 aromatic rings. The number of benzene rings is 1. The van der Waals surface area contributed by atoms with E-state index >= 15 is 0 Å². The normalized spacial score (nSPS) is 13.6. The lowest BCUT2D eigenvalue weighted by molar-refractivity contribution is -0.115. The molecule has 1 aliphatic rings. The van der Waals surface area contributed by atoms with E-state index < -0.39 is 5.97 Å². The average molecular weight is 303 g/mol. The number of hydrogen-bond acceptors (Lipinski definition) is 2. The van der Waals surface area contributed by atoms with Gasteiger partial charge in [0, 0.05) is 3.57 Å². The fraction of sp³-hybridized carbons (Fsp3) is 0.111. The van der Waals surface area contributed by atoms with Crippen molar-refractivity contribution >= 4 is 40.2 Å². The SMILES string of the molecule is O=C1Cc2cc(I)cc(C(=O)O)c2N1. The molecular weight excluding hydrogens is 297 g/mol. The molecule has 14 heavy (non-hydrogen) atoms. The summed E-state index contributed by atoms with van der Waals surface area (Å²) in [6.07, 6.45) is 0.270. The highest BCUT2D eigenvalue weighted by Crippen LogP contribution is 2.29.